The summed E-state index contributed by atoms with van der Waals surface area (Å²) in [5.74, 6) is -0.357. The maximum absolute atomic E-state index is 11.5. The number of rotatable bonds is 3. The average Bonchev–Trinajstić information content (AvgIpc) is 2.93. The second kappa shape index (κ2) is 4.31. The van der Waals surface area contributed by atoms with Crippen LogP contribution in [0.1, 0.15) is 5.69 Å². The van der Waals surface area contributed by atoms with E-state index < -0.39 is 0 Å². The van der Waals surface area contributed by atoms with Crippen LogP contribution < -0.4 is 11.1 Å². The normalized spacial score (nSPS) is 11.1. The van der Waals surface area contributed by atoms with Crippen LogP contribution in [-0.4, -0.2) is 14.3 Å². The Morgan fingerprint density at radius 2 is 2.16 bits per heavy atom. The van der Waals surface area contributed by atoms with Crippen molar-refractivity contribution in [2.24, 2.45) is 14.1 Å². The Morgan fingerprint density at radius 3 is 2.89 bits per heavy atom. The topological polar surface area (TPSA) is 65.0 Å². The molecule has 0 atom stereocenters. The van der Waals surface area contributed by atoms with Crippen LogP contribution in [0.4, 0.5) is 5.69 Å². The third-order valence-electron chi connectivity index (χ3n) is 3.20. The molecule has 6 heteroatoms. The van der Waals surface area contributed by atoms with Crippen LogP contribution in [0.15, 0.2) is 39.7 Å². The molecule has 0 spiro atoms. The number of nitrogens with one attached hydrogen (secondary N) is 1. The van der Waals surface area contributed by atoms with Gasteiger partial charge in [-0.05, 0) is 18.2 Å². The molecule has 0 aliphatic rings. The highest BCUT2D eigenvalue weighted by atomic mass is 16.4. The van der Waals surface area contributed by atoms with Gasteiger partial charge < -0.3 is 9.73 Å². The van der Waals surface area contributed by atoms with Gasteiger partial charge in [-0.25, -0.2) is 4.79 Å². The van der Waals surface area contributed by atoms with Crippen LogP contribution in [0.3, 0.4) is 0 Å². The van der Waals surface area contributed by atoms with E-state index >= 15 is 0 Å². The highest BCUT2D eigenvalue weighted by Crippen LogP contribution is 2.22. The summed E-state index contributed by atoms with van der Waals surface area (Å²) in [7, 11) is 3.58. The van der Waals surface area contributed by atoms with E-state index in [4.69, 9.17) is 4.42 Å². The van der Waals surface area contributed by atoms with E-state index in [9.17, 15) is 4.79 Å². The highest BCUT2D eigenvalue weighted by Gasteiger charge is 2.10. The van der Waals surface area contributed by atoms with E-state index in [0.717, 1.165) is 16.9 Å². The lowest BCUT2D eigenvalue weighted by Gasteiger charge is -2.06. The molecule has 19 heavy (non-hydrogen) atoms. The fraction of sp³-hybridized carbons (Fsp3) is 0.231. The van der Waals surface area contributed by atoms with Gasteiger partial charge in [-0.2, -0.15) is 5.10 Å². The van der Waals surface area contributed by atoms with E-state index in [0.29, 0.717) is 12.1 Å². The molecule has 0 unspecified atom stereocenters. The predicted octanol–water partition coefficient (Wildman–Crippen LogP) is 1.48. The summed E-state index contributed by atoms with van der Waals surface area (Å²) in [5, 5.41) is 7.37. The molecular formula is C13H14N4O2. The molecule has 0 saturated carbocycles. The lowest BCUT2D eigenvalue weighted by molar-refractivity contribution is 0.528. The van der Waals surface area contributed by atoms with Crippen molar-refractivity contribution in [1.82, 2.24) is 14.3 Å². The van der Waals surface area contributed by atoms with Crippen LogP contribution >= 0.6 is 0 Å². The van der Waals surface area contributed by atoms with E-state index in [1.54, 1.807) is 17.9 Å². The number of oxazole rings is 1. The summed E-state index contributed by atoms with van der Waals surface area (Å²) in [6.07, 6.45) is 1.75. The molecule has 2 aromatic heterocycles. The Balaban J connectivity index is 1.95. The van der Waals surface area contributed by atoms with Gasteiger partial charge in [-0.3, -0.25) is 9.25 Å². The Kier molecular flexibility index (Phi) is 2.63. The molecule has 0 bridgehead atoms. The Morgan fingerprint density at radius 1 is 1.32 bits per heavy atom. The second-order valence-electron chi connectivity index (χ2n) is 4.38. The number of aromatic nitrogens is 3. The molecule has 0 radical (unpaired) electrons. The molecule has 6 nitrogen and oxygen atoms in total. The van der Waals surface area contributed by atoms with E-state index in [-0.39, 0.29) is 5.76 Å². The number of hydrogen-bond donors (Lipinski definition) is 1. The van der Waals surface area contributed by atoms with Crippen molar-refractivity contribution in [2.75, 3.05) is 5.32 Å². The lowest BCUT2D eigenvalue weighted by Crippen LogP contribution is -2.08. The zero-order valence-electron chi connectivity index (χ0n) is 10.8. The van der Waals surface area contributed by atoms with Gasteiger partial charge >= 0.3 is 5.76 Å². The third-order valence-corrected chi connectivity index (χ3v) is 3.20. The standard InChI is InChI=1S/C13H14N4O2/c1-16-11-5-3-4-10(12(11)19-13(16)18)14-8-9-6-7-15-17(9)2/h3-7,14H,8H2,1-2H3. The van der Waals surface area contributed by atoms with E-state index in [2.05, 4.69) is 10.4 Å². The molecule has 2 heterocycles. The zero-order valence-corrected chi connectivity index (χ0v) is 10.8. The minimum Gasteiger partial charge on any atom is -0.405 e. The monoisotopic (exact) mass is 258 g/mol. The minimum absolute atomic E-state index is 0.357. The molecule has 0 aliphatic carbocycles. The van der Waals surface area contributed by atoms with E-state index in [1.165, 1.54) is 4.57 Å². The zero-order chi connectivity index (χ0) is 13.4. The first kappa shape index (κ1) is 11.6. The third kappa shape index (κ3) is 1.91. The molecule has 1 aromatic carbocycles. The smallest absolute Gasteiger partial charge is 0.405 e. The van der Waals surface area contributed by atoms with Gasteiger partial charge in [-0.1, -0.05) is 6.07 Å². The van der Waals surface area contributed by atoms with Crippen molar-refractivity contribution < 1.29 is 4.42 Å². The molecule has 0 fully saturated rings. The van der Waals surface area contributed by atoms with Crippen molar-refractivity contribution >= 4 is 16.8 Å². The van der Waals surface area contributed by atoms with Gasteiger partial charge in [0.15, 0.2) is 5.58 Å². The van der Waals surface area contributed by atoms with Gasteiger partial charge in [0.25, 0.3) is 0 Å². The van der Waals surface area contributed by atoms with Gasteiger partial charge in [-0.15, -0.1) is 0 Å². The molecule has 0 amide bonds. The summed E-state index contributed by atoms with van der Waals surface area (Å²) >= 11 is 0. The molecule has 3 aromatic rings. The Bertz CT molecular complexity index is 781. The first-order chi connectivity index (χ1) is 9.16. The second-order valence-corrected chi connectivity index (χ2v) is 4.38. The average molecular weight is 258 g/mol. The summed E-state index contributed by atoms with van der Waals surface area (Å²) in [5.41, 5.74) is 3.21. The summed E-state index contributed by atoms with van der Waals surface area (Å²) in [6.45, 7) is 0.619. The number of para-hydroxylation sites is 1. The Hall–Kier alpha value is -2.50. The number of aryl methyl sites for hydroxylation is 2. The van der Waals surface area contributed by atoms with Crippen LogP contribution in [0.25, 0.3) is 11.1 Å². The van der Waals surface area contributed by atoms with Gasteiger partial charge in [0.2, 0.25) is 0 Å². The maximum atomic E-state index is 11.5. The van der Waals surface area contributed by atoms with Crippen molar-refractivity contribution in [3.8, 4) is 0 Å². The van der Waals surface area contributed by atoms with Gasteiger partial charge in [0.1, 0.15) is 0 Å². The summed E-state index contributed by atoms with van der Waals surface area (Å²) in [6, 6.07) is 7.58. The van der Waals surface area contributed by atoms with Gasteiger partial charge in [0.05, 0.1) is 23.4 Å². The number of nitrogens with zero attached hydrogens (tertiary/aromatic N) is 3. The van der Waals surface area contributed by atoms with Crippen LogP contribution in [0.5, 0.6) is 0 Å². The lowest BCUT2D eigenvalue weighted by atomic mass is 10.2. The Labute approximate surface area is 109 Å². The van der Waals surface area contributed by atoms with Crippen LogP contribution in [-0.2, 0) is 20.6 Å². The highest BCUT2D eigenvalue weighted by molar-refractivity contribution is 5.86. The van der Waals surface area contributed by atoms with Crippen molar-refractivity contribution in [3.63, 3.8) is 0 Å². The predicted molar refractivity (Wildman–Crippen MR) is 72.0 cm³/mol. The number of anilines is 1. The quantitative estimate of drug-likeness (QED) is 0.772. The number of hydrogen-bond acceptors (Lipinski definition) is 4. The fourth-order valence-electron chi connectivity index (χ4n) is 2.05. The first-order valence-electron chi connectivity index (χ1n) is 5.96. The minimum atomic E-state index is -0.357. The van der Waals surface area contributed by atoms with Crippen LogP contribution in [0, 0.1) is 0 Å². The maximum Gasteiger partial charge on any atom is 0.419 e. The largest absolute Gasteiger partial charge is 0.419 e. The fourth-order valence-corrected chi connectivity index (χ4v) is 2.05. The van der Waals surface area contributed by atoms with Gasteiger partial charge in [0, 0.05) is 20.3 Å². The molecule has 3 rings (SSSR count). The van der Waals surface area contributed by atoms with Crippen molar-refractivity contribution in [1.29, 1.82) is 0 Å². The molecule has 98 valence electrons. The van der Waals surface area contributed by atoms with Crippen molar-refractivity contribution in [3.05, 3.63) is 46.7 Å². The van der Waals surface area contributed by atoms with Crippen molar-refractivity contribution in [2.45, 2.75) is 6.54 Å². The summed E-state index contributed by atoms with van der Waals surface area (Å²) in [4.78, 5) is 11.5. The number of fused-ring (bicyclic) bond motifs is 1. The SMILES string of the molecule is Cn1nccc1CNc1cccc2c1oc(=O)n2C. The summed E-state index contributed by atoms with van der Waals surface area (Å²) < 4.78 is 8.54. The molecule has 0 aliphatic heterocycles. The molecule has 1 N–H and O–H groups in total. The first-order valence-corrected chi connectivity index (χ1v) is 5.96. The van der Waals surface area contributed by atoms with Crippen LogP contribution in [0.2, 0.25) is 0 Å². The molecular weight excluding hydrogens is 244 g/mol. The molecule has 0 saturated heterocycles. The number of benzene rings is 1. The van der Waals surface area contributed by atoms with E-state index in [1.807, 2.05) is 31.3 Å².